The van der Waals surface area contributed by atoms with E-state index in [1.165, 1.54) is 12.0 Å². The Morgan fingerprint density at radius 3 is 2.88 bits per heavy atom. The van der Waals surface area contributed by atoms with Crippen molar-refractivity contribution in [3.05, 3.63) is 41.7 Å². The molecule has 6 heteroatoms. The molecule has 4 rings (SSSR count). The van der Waals surface area contributed by atoms with E-state index in [-0.39, 0.29) is 0 Å². The van der Waals surface area contributed by atoms with Crippen LogP contribution in [0, 0.1) is 5.92 Å². The average Bonchev–Trinajstić information content (AvgIpc) is 3.23. The number of hydrogen-bond donors (Lipinski definition) is 0. The highest BCUT2D eigenvalue weighted by molar-refractivity contribution is 5.90. The van der Waals surface area contributed by atoms with Gasteiger partial charge >= 0.3 is 0 Å². The minimum Gasteiger partial charge on any atom is -0.283 e. The molecule has 0 amide bonds. The molecule has 1 fully saturated rings. The number of aliphatic imine (C=N–C) groups is 1. The summed E-state index contributed by atoms with van der Waals surface area (Å²) in [6, 6.07) is 11.0. The highest BCUT2D eigenvalue weighted by Crippen LogP contribution is 2.37. The summed E-state index contributed by atoms with van der Waals surface area (Å²) in [5, 5.41) is 12.5. The van der Waals surface area contributed by atoms with Gasteiger partial charge in [-0.15, -0.1) is 5.10 Å². The molecular weight excluding hydrogens is 300 g/mol. The average molecular weight is 324 g/mol. The lowest BCUT2D eigenvalue weighted by Gasteiger charge is -2.38. The lowest BCUT2D eigenvalue weighted by molar-refractivity contribution is 0.178. The molecule has 0 aliphatic carbocycles. The van der Waals surface area contributed by atoms with Gasteiger partial charge in [-0.3, -0.25) is 9.89 Å². The summed E-state index contributed by atoms with van der Waals surface area (Å²) < 4.78 is 1.91. The van der Waals surface area contributed by atoms with E-state index < -0.39 is 0 Å². The fraction of sp³-hybridized carbons (Fsp3) is 0.556. The van der Waals surface area contributed by atoms with Gasteiger partial charge in [0.05, 0.1) is 18.6 Å². The van der Waals surface area contributed by atoms with Crippen LogP contribution in [0.15, 0.2) is 35.3 Å². The number of benzene rings is 1. The number of rotatable bonds is 4. The summed E-state index contributed by atoms with van der Waals surface area (Å²) in [6.45, 7) is 6.33. The van der Waals surface area contributed by atoms with Crippen LogP contribution in [-0.2, 0) is 6.54 Å². The Morgan fingerprint density at radius 2 is 2.08 bits per heavy atom. The van der Waals surface area contributed by atoms with Crippen LogP contribution in [0.25, 0.3) is 0 Å². The highest BCUT2D eigenvalue weighted by Gasteiger charge is 2.43. The van der Waals surface area contributed by atoms with Gasteiger partial charge in [0.25, 0.3) is 0 Å². The van der Waals surface area contributed by atoms with Gasteiger partial charge in [-0.1, -0.05) is 44.2 Å². The van der Waals surface area contributed by atoms with Gasteiger partial charge in [-0.2, -0.15) is 4.68 Å². The van der Waals surface area contributed by atoms with Crippen molar-refractivity contribution in [2.75, 3.05) is 6.54 Å². The standard InChI is InChI=1S/C18H24N6/c1-13(2)11-16-17(19-12-14-7-4-3-5-8-14)24-18(20-21-22-24)15-9-6-10-23(15)16/h3-5,7-8,13,15-16H,6,9-12H2,1-2H3/t15-,16+/m1/s1. The molecular formula is C18H24N6. The van der Waals surface area contributed by atoms with E-state index in [0.717, 1.165) is 31.0 Å². The van der Waals surface area contributed by atoms with E-state index in [1.807, 2.05) is 10.7 Å². The third kappa shape index (κ3) is 2.75. The number of tetrazole rings is 1. The molecule has 1 aromatic carbocycles. The van der Waals surface area contributed by atoms with Crippen molar-refractivity contribution in [1.29, 1.82) is 0 Å². The Kier molecular flexibility index (Phi) is 4.14. The van der Waals surface area contributed by atoms with Crippen molar-refractivity contribution in [3.8, 4) is 0 Å². The number of hydrogen-bond acceptors (Lipinski definition) is 5. The van der Waals surface area contributed by atoms with E-state index >= 15 is 0 Å². The summed E-state index contributed by atoms with van der Waals surface area (Å²) in [5.41, 5.74) is 1.21. The first kappa shape index (κ1) is 15.4. The molecule has 2 atom stereocenters. The molecule has 0 bridgehead atoms. The van der Waals surface area contributed by atoms with Crippen LogP contribution in [0.5, 0.6) is 0 Å². The zero-order valence-corrected chi connectivity index (χ0v) is 14.3. The molecule has 24 heavy (non-hydrogen) atoms. The van der Waals surface area contributed by atoms with Gasteiger partial charge in [-0.05, 0) is 47.7 Å². The van der Waals surface area contributed by atoms with Crippen molar-refractivity contribution in [1.82, 2.24) is 25.1 Å². The van der Waals surface area contributed by atoms with Gasteiger partial charge in [0.2, 0.25) is 0 Å². The molecule has 0 saturated carbocycles. The topological polar surface area (TPSA) is 59.2 Å². The minimum atomic E-state index is 0.303. The van der Waals surface area contributed by atoms with Gasteiger partial charge in [0.15, 0.2) is 5.82 Å². The second kappa shape index (κ2) is 6.43. The summed E-state index contributed by atoms with van der Waals surface area (Å²) in [6.07, 6.45) is 3.43. The van der Waals surface area contributed by atoms with E-state index in [4.69, 9.17) is 4.99 Å². The van der Waals surface area contributed by atoms with Gasteiger partial charge in [0.1, 0.15) is 5.84 Å². The predicted molar refractivity (Wildman–Crippen MR) is 92.7 cm³/mol. The number of nitrogens with zero attached hydrogens (tertiary/aromatic N) is 6. The molecule has 0 radical (unpaired) electrons. The molecule has 0 spiro atoms. The molecule has 0 N–H and O–H groups in total. The van der Waals surface area contributed by atoms with Gasteiger partial charge in [-0.25, -0.2) is 0 Å². The second-order valence-corrected chi connectivity index (χ2v) is 7.15. The molecule has 2 aliphatic rings. The van der Waals surface area contributed by atoms with Crippen LogP contribution < -0.4 is 0 Å². The molecule has 3 heterocycles. The third-order valence-electron chi connectivity index (χ3n) is 4.96. The summed E-state index contributed by atoms with van der Waals surface area (Å²) >= 11 is 0. The van der Waals surface area contributed by atoms with Crippen LogP contribution in [-0.4, -0.2) is 43.5 Å². The molecule has 1 aromatic heterocycles. The Bertz CT molecular complexity index is 720. The molecule has 1 saturated heterocycles. The molecule has 2 aliphatic heterocycles. The predicted octanol–water partition coefficient (Wildman–Crippen LogP) is 2.69. The van der Waals surface area contributed by atoms with Gasteiger partial charge < -0.3 is 0 Å². The third-order valence-corrected chi connectivity index (χ3v) is 4.96. The fourth-order valence-electron chi connectivity index (χ4n) is 3.91. The van der Waals surface area contributed by atoms with Crippen LogP contribution in [0.1, 0.15) is 50.5 Å². The largest absolute Gasteiger partial charge is 0.283 e. The van der Waals surface area contributed by atoms with Crippen molar-refractivity contribution in [2.45, 2.75) is 51.7 Å². The lowest BCUT2D eigenvalue weighted by atomic mass is 9.98. The SMILES string of the molecule is CC(C)C[C@H]1C(=NCc2ccccc2)n2nnnc2[C@H]2CCCN21. The smallest absolute Gasteiger partial charge is 0.175 e. The van der Waals surface area contributed by atoms with E-state index in [0.29, 0.717) is 24.5 Å². The Hall–Kier alpha value is -2.08. The van der Waals surface area contributed by atoms with Crippen LogP contribution >= 0.6 is 0 Å². The number of fused-ring (bicyclic) bond motifs is 3. The normalized spacial score (nSPS) is 25.2. The van der Waals surface area contributed by atoms with Crippen LogP contribution in [0.4, 0.5) is 0 Å². The van der Waals surface area contributed by atoms with Crippen LogP contribution in [0.2, 0.25) is 0 Å². The minimum absolute atomic E-state index is 0.303. The fourth-order valence-corrected chi connectivity index (χ4v) is 3.91. The molecule has 2 aromatic rings. The van der Waals surface area contributed by atoms with E-state index in [2.05, 4.69) is 58.5 Å². The van der Waals surface area contributed by atoms with E-state index in [9.17, 15) is 0 Å². The maximum absolute atomic E-state index is 4.96. The first-order valence-corrected chi connectivity index (χ1v) is 8.86. The summed E-state index contributed by atoms with van der Waals surface area (Å²) in [5.74, 6) is 2.57. The quantitative estimate of drug-likeness (QED) is 0.867. The van der Waals surface area contributed by atoms with Gasteiger partial charge in [0, 0.05) is 0 Å². The summed E-state index contributed by atoms with van der Waals surface area (Å²) in [4.78, 5) is 7.52. The van der Waals surface area contributed by atoms with Crippen molar-refractivity contribution < 1.29 is 0 Å². The first-order chi connectivity index (χ1) is 11.7. The van der Waals surface area contributed by atoms with Crippen molar-refractivity contribution in [3.63, 3.8) is 0 Å². The van der Waals surface area contributed by atoms with E-state index in [1.54, 1.807) is 0 Å². The zero-order chi connectivity index (χ0) is 16.5. The first-order valence-electron chi connectivity index (χ1n) is 8.86. The monoisotopic (exact) mass is 324 g/mol. The Labute approximate surface area is 142 Å². The lowest BCUT2D eigenvalue weighted by Crippen LogP contribution is -2.50. The summed E-state index contributed by atoms with van der Waals surface area (Å²) in [7, 11) is 0. The number of aromatic nitrogens is 4. The van der Waals surface area contributed by atoms with Crippen LogP contribution in [0.3, 0.4) is 0 Å². The molecule has 6 nitrogen and oxygen atoms in total. The van der Waals surface area contributed by atoms with Crippen molar-refractivity contribution >= 4 is 5.84 Å². The zero-order valence-electron chi connectivity index (χ0n) is 14.3. The highest BCUT2D eigenvalue weighted by atomic mass is 15.6. The molecule has 0 unspecified atom stereocenters. The molecule has 126 valence electrons. The Balaban J connectivity index is 1.72. The second-order valence-electron chi connectivity index (χ2n) is 7.15. The maximum Gasteiger partial charge on any atom is 0.175 e. The maximum atomic E-state index is 4.96. The van der Waals surface area contributed by atoms with Crippen molar-refractivity contribution in [2.24, 2.45) is 10.9 Å². The Morgan fingerprint density at radius 1 is 1.25 bits per heavy atom.